The molecule has 6 heteroatoms. The van der Waals surface area contributed by atoms with Crippen LogP contribution in [0.5, 0.6) is 0 Å². The highest BCUT2D eigenvalue weighted by Gasteiger charge is 2.27. The predicted molar refractivity (Wildman–Crippen MR) is 90.2 cm³/mol. The molecule has 0 radical (unpaired) electrons. The molecule has 0 saturated carbocycles. The number of thiophene rings is 1. The lowest BCUT2D eigenvalue weighted by molar-refractivity contribution is 0.00319. The quantitative estimate of drug-likeness (QED) is 0.821. The number of rotatable bonds is 5. The highest BCUT2D eigenvalue weighted by atomic mass is 79.9. The number of amides is 1. The van der Waals surface area contributed by atoms with Crippen LogP contribution >= 0.6 is 38.9 Å². The maximum absolute atomic E-state index is 12.1. The molecule has 0 aliphatic carbocycles. The summed E-state index contributed by atoms with van der Waals surface area (Å²) in [6.07, 6.45) is 0. The largest absolute Gasteiger partial charge is 0.372 e. The van der Waals surface area contributed by atoms with Crippen molar-refractivity contribution >= 4 is 44.8 Å². The molecule has 0 fully saturated rings. The summed E-state index contributed by atoms with van der Waals surface area (Å²) in [5, 5.41) is 5.42. The lowest BCUT2D eigenvalue weighted by Crippen LogP contribution is -2.39. The molecule has 21 heavy (non-hydrogen) atoms. The highest BCUT2D eigenvalue weighted by molar-refractivity contribution is 9.10. The molecule has 0 saturated heterocycles. The van der Waals surface area contributed by atoms with Gasteiger partial charge in [-0.15, -0.1) is 11.3 Å². The fraction of sp³-hybridized carbons (Fsp3) is 0.267. The van der Waals surface area contributed by atoms with Crippen molar-refractivity contribution in [3.63, 3.8) is 0 Å². The van der Waals surface area contributed by atoms with E-state index >= 15 is 0 Å². The number of hydrogen-bond acceptors (Lipinski definition) is 3. The lowest BCUT2D eigenvalue weighted by atomic mass is 9.95. The number of ether oxygens (including phenoxy) is 1. The molecule has 0 aliphatic heterocycles. The maximum Gasteiger partial charge on any atom is 0.261 e. The number of halogens is 2. The molecule has 3 nitrogen and oxygen atoms in total. The number of benzene rings is 1. The molecule has 2 rings (SSSR count). The lowest BCUT2D eigenvalue weighted by Gasteiger charge is -2.29. The molecule has 0 aliphatic rings. The fourth-order valence-corrected chi connectivity index (χ4v) is 3.41. The maximum atomic E-state index is 12.1. The van der Waals surface area contributed by atoms with Crippen LogP contribution in [0.3, 0.4) is 0 Å². The molecule has 0 unspecified atom stereocenters. The van der Waals surface area contributed by atoms with Crippen LogP contribution in [0.1, 0.15) is 22.2 Å². The van der Waals surface area contributed by atoms with Crippen LogP contribution < -0.4 is 5.32 Å². The van der Waals surface area contributed by atoms with Crippen molar-refractivity contribution in [1.29, 1.82) is 0 Å². The Morgan fingerprint density at radius 3 is 2.81 bits per heavy atom. The number of nitrogens with one attached hydrogen (secondary N) is 1. The van der Waals surface area contributed by atoms with Crippen LogP contribution in [-0.2, 0) is 10.3 Å². The third-order valence-corrected chi connectivity index (χ3v) is 5.19. The van der Waals surface area contributed by atoms with Crippen LogP contribution in [0, 0.1) is 0 Å². The molecule has 1 atom stereocenters. The van der Waals surface area contributed by atoms with Crippen molar-refractivity contribution in [3.05, 3.63) is 55.6 Å². The Kier molecular flexibility index (Phi) is 5.43. The van der Waals surface area contributed by atoms with E-state index < -0.39 is 5.60 Å². The van der Waals surface area contributed by atoms with E-state index in [4.69, 9.17) is 16.3 Å². The molecule has 1 heterocycles. The van der Waals surface area contributed by atoms with E-state index in [1.54, 1.807) is 13.2 Å². The van der Waals surface area contributed by atoms with E-state index in [2.05, 4.69) is 21.2 Å². The third-order valence-electron chi connectivity index (χ3n) is 3.26. The van der Waals surface area contributed by atoms with Gasteiger partial charge in [0.25, 0.3) is 5.91 Å². The van der Waals surface area contributed by atoms with Crippen molar-refractivity contribution in [2.75, 3.05) is 13.7 Å². The van der Waals surface area contributed by atoms with Gasteiger partial charge in [0.15, 0.2) is 0 Å². The van der Waals surface area contributed by atoms with E-state index in [1.807, 2.05) is 36.6 Å². The van der Waals surface area contributed by atoms with E-state index in [-0.39, 0.29) is 5.91 Å². The summed E-state index contributed by atoms with van der Waals surface area (Å²) in [4.78, 5) is 12.8. The molecule has 1 amide bonds. The zero-order valence-corrected chi connectivity index (χ0v) is 14.8. The Labute approximate surface area is 141 Å². The number of hydrogen-bond donors (Lipinski definition) is 1. The second-order valence-electron chi connectivity index (χ2n) is 4.76. The molecule has 0 spiro atoms. The zero-order valence-electron chi connectivity index (χ0n) is 11.7. The first kappa shape index (κ1) is 16.5. The average molecular weight is 389 g/mol. The van der Waals surface area contributed by atoms with Crippen molar-refractivity contribution in [3.8, 4) is 0 Å². The summed E-state index contributed by atoms with van der Waals surface area (Å²) >= 11 is 10.8. The Morgan fingerprint density at radius 2 is 2.24 bits per heavy atom. The van der Waals surface area contributed by atoms with Gasteiger partial charge in [0.2, 0.25) is 0 Å². The Hall–Kier alpha value is -0.880. The zero-order chi connectivity index (χ0) is 15.5. The molecule has 2 aromatic rings. The van der Waals surface area contributed by atoms with Gasteiger partial charge in [0.05, 0.1) is 11.4 Å². The predicted octanol–water partition coefficient (Wildman–Crippen LogP) is 4.46. The van der Waals surface area contributed by atoms with Crippen LogP contribution in [0.25, 0.3) is 0 Å². The van der Waals surface area contributed by atoms with Gasteiger partial charge in [-0.3, -0.25) is 4.79 Å². The second-order valence-corrected chi connectivity index (χ2v) is 7.02. The molecule has 1 N–H and O–H groups in total. The first-order valence-corrected chi connectivity index (χ1v) is 8.33. The van der Waals surface area contributed by atoms with Gasteiger partial charge in [0, 0.05) is 22.0 Å². The molecule has 112 valence electrons. The van der Waals surface area contributed by atoms with E-state index in [0.717, 1.165) is 10.0 Å². The molecule has 1 aromatic carbocycles. The molecular formula is C15H15BrClNO2S. The summed E-state index contributed by atoms with van der Waals surface area (Å²) < 4.78 is 6.50. The molecular weight excluding hydrogens is 374 g/mol. The van der Waals surface area contributed by atoms with E-state index in [1.165, 1.54) is 11.3 Å². The third kappa shape index (κ3) is 4.07. The Morgan fingerprint density at radius 1 is 1.48 bits per heavy atom. The average Bonchev–Trinajstić information content (AvgIpc) is 2.91. The van der Waals surface area contributed by atoms with Gasteiger partial charge >= 0.3 is 0 Å². The SMILES string of the molecule is CO[C@@](C)(CNC(=O)c1cc(Br)cs1)c1cccc(Cl)c1. The number of carbonyl (C=O) groups excluding carboxylic acids is 1. The van der Waals surface area contributed by atoms with Crippen LogP contribution in [0.2, 0.25) is 5.02 Å². The first-order valence-electron chi connectivity index (χ1n) is 6.28. The van der Waals surface area contributed by atoms with Gasteiger partial charge in [-0.25, -0.2) is 0 Å². The van der Waals surface area contributed by atoms with Crippen molar-refractivity contribution < 1.29 is 9.53 Å². The van der Waals surface area contributed by atoms with Gasteiger partial charge in [0.1, 0.15) is 5.60 Å². The van der Waals surface area contributed by atoms with Crippen molar-refractivity contribution in [2.45, 2.75) is 12.5 Å². The van der Waals surface area contributed by atoms with Crippen LogP contribution in [0.4, 0.5) is 0 Å². The normalized spacial score (nSPS) is 13.7. The summed E-state index contributed by atoms with van der Waals surface area (Å²) in [5.74, 6) is -0.115. The minimum Gasteiger partial charge on any atom is -0.372 e. The van der Waals surface area contributed by atoms with Crippen molar-refractivity contribution in [1.82, 2.24) is 5.32 Å². The number of methoxy groups -OCH3 is 1. The van der Waals surface area contributed by atoms with E-state index in [9.17, 15) is 4.79 Å². The van der Waals surface area contributed by atoms with Crippen LogP contribution in [-0.4, -0.2) is 19.6 Å². The fourth-order valence-electron chi connectivity index (χ4n) is 1.88. The minimum atomic E-state index is -0.630. The number of carbonyl (C=O) groups is 1. The van der Waals surface area contributed by atoms with Gasteiger partial charge < -0.3 is 10.1 Å². The molecule has 0 bridgehead atoms. The standard InChI is InChI=1S/C15H15BrClNO2S/c1-15(20-2,10-4-3-5-12(17)6-10)9-18-14(19)13-7-11(16)8-21-13/h3-8H,9H2,1-2H3,(H,18,19)/t15-/m0/s1. The highest BCUT2D eigenvalue weighted by Crippen LogP contribution is 2.26. The van der Waals surface area contributed by atoms with E-state index in [0.29, 0.717) is 16.4 Å². The minimum absolute atomic E-state index is 0.115. The Balaban J connectivity index is 2.10. The van der Waals surface area contributed by atoms with Gasteiger partial charge in [-0.1, -0.05) is 23.7 Å². The van der Waals surface area contributed by atoms with Crippen LogP contribution in [0.15, 0.2) is 40.2 Å². The summed E-state index contributed by atoms with van der Waals surface area (Å²) in [6, 6.07) is 9.25. The summed E-state index contributed by atoms with van der Waals surface area (Å²) in [7, 11) is 1.62. The monoisotopic (exact) mass is 387 g/mol. The summed E-state index contributed by atoms with van der Waals surface area (Å²) in [5.41, 5.74) is 0.292. The summed E-state index contributed by atoms with van der Waals surface area (Å²) in [6.45, 7) is 2.28. The molecule has 1 aromatic heterocycles. The van der Waals surface area contributed by atoms with Gasteiger partial charge in [-0.05, 0) is 46.6 Å². The second kappa shape index (κ2) is 6.92. The first-order chi connectivity index (χ1) is 9.94. The Bertz CT molecular complexity index is 646. The topological polar surface area (TPSA) is 38.3 Å². The van der Waals surface area contributed by atoms with Gasteiger partial charge in [-0.2, -0.15) is 0 Å². The smallest absolute Gasteiger partial charge is 0.261 e. The van der Waals surface area contributed by atoms with Crippen molar-refractivity contribution in [2.24, 2.45) is 0 Å².